The molecule has 0 spiro atoms. The van der Waals surface area contributed by atoms with Gasteiger partial charge in [-0.3, -0.25) is 0 Å². The number of hydrogen-bond acceptors (Lipinski definition) is 6. The Morgan fingerprint density at radius 2 is 0.547 bits per heavy atom. The minimum Gasteiger partial charge on any atom is -0.134 e. The van der Waals surface area contributed by atoms with Gasteiger partial charge in [-0.25, -0.2) is 0 Å². The predicted molar refractivity (Wildman–Crippen MR) is 305 cm³/mol. The van der Waals surface area contributed by atoms with Gasteiger partial charge in [0.05, 0.1) is 7.57 Å². The maximum Gasteiger partial charge on any atom is 0.0708 e. The molecular formula is C56H76Br2S6. The number of unbranched alkanes of at least 4 members (excludes halogenated alkanes) is 20. The number of aryl methyl sites for hydroxylation is 4. The van der Waals surface area contributed by atoms with Crippen LogP contribution in [0.4, 0.5) is 0 Å². The topological polar surface area (TPSA) is 0 Å². The fourth-order valence-electron chi connectivity index (χ4n) is 9.02. The van der Waals surface area contributed by atoms with Crippen molar-refractivity contribution < 1.29 is 0 Å². The Balaban J connectivity index is 1.23. The van der Waals surface area contributed by atoms with Crippen molar-refractivity contribution in [3.8, 4) is 48.8 Å². The SMILES string of the molecule is CCCCCCCCc1cc(Br)sc1-c1cc(CCCCCCCC)c(-c2ccc(-c3ccc(-c4sc(-c5sc(Br)cc5CCCCCCCC)cc4CCCCCCCC)s3)s2)s1. The van der Waals surface area contributed by atoms with Gasteiger partial charge in [0.15, 0.2) is 0 Å². The Morgan fingerprint density at radius 1 is 0.281 bits per heavy atom. The molecule has 64 heavy (non-hydrogen) atoms. The number of thiophene rings is 6. The van der Waals surface area contributed by atoms with E-state index in [1.54, 1.807) is 11.1 Å². The van der Waals surface area contributed by atoms with Crippen molar-refractivity contribution in [2.24, 2.45) is 0 Å². The summed E-state index contributed by atoms with van der Waals surface area (Å²) in [5, 5.41) is 0. The van der Waals surface area contributed by atoms with Gasteiger partial charge in [-0.1, -0.05) is 156 Å². The van der Waals surface area contributed by atoms with Crippen LogP contribution in [0.1, 0.15) is 204 Å². The van der Waals surface area contributed by atoms with E-state index >= 15 is 0 Å². The maximum absolute atomic E-state index is 3.90. The number of hydrogen-bond donors (Lipinski definition) is 0. The Hall–Kier alpha value is -0.840. The Kier molecular flexibility index (Phi) is 24.0. The molecule has 6 aromatic rings. The summed E-state index contributed by atoms with van der Waals surface area (Å²) in [5.74, 6) is 0. The molecule has 6 aromatic heterocycles. The predicted octanol–water partition coefficient (Wildman–Crippen LogP) is 23.5. The highest BCUT2D eigenvalue weighted by molar-refractivity contribution is 9.11. The molecule has 0 saturated heterocycles. The molecule has 0 nitrogen and oxygen atoms in total. The smallest absolute Gasteiger partial charge is 0.0708 e. The van der Waals surface area contributed by atoms with Gasteiger partial charge in [0.25, 0.3) is 0 Å². The average molecular weight is 1100 g/mol. The molecule has 0 aromatic carbocycles. The molecule has 0 N–H and O–H groups in total. The second-order valence-corrected chi connectivity index (χ2v) is 27.3. The second-order valence-electron chi connectivity index (χ2n) is 18.1. The largest absolute Gasteiger partial charge is 0.134 e. The van der Waals surface area contributed by atoms with Gasteiger partial charge in [0.2, 0.25) is 0 Å². The average Bonchev–Trinajstić information content (AvgIpc) is 4.16. The van der Waals surface area contributed by atoms with Gasteiger partial charge in [-0.15, -0.1) is 68.0 Å². The van der Waals surface area contributed by atoms with Gasteiger partial charge in [0, 0.05) is 48.8 Å². The van der Waals surface area contributed by atoms with E-state index in [4.69, 9.17) is 0 Å². The molecule has 0 aliphatic carbocycles. The zero-order chi connectivity index (χ0) is 44.9. The van der Waals surface area contributed by atoms with Crippen molar-refractivity contribution in [1.82, 2.24) is 0 Å². The zero-order valence-electron chi connectivity index (χ0n) is 39.6. The van der Waals surface area contributed by atoms with Crippen LogP contribution < -0.4 is 0 Å². The highest BCUT2D eigenvalue weighted by Crippen LogP contribution is 2.50. The van der Waals surface area contributed by atoms with Crippen LogP contribution >= 0.6 is 99.9 Å². The van der Waals surface area contributed by atoms with E-state index in [0.717, 1.165) is 0 Å². The quantitative estimate of drug-likeness (QED) is 0.0360. The molecule has 0 atom stereocenters. The van der Waals surface area contributed by atoms with Crippen molar-refractivity contribution in [1.29, 1.82) is 0 Å². The van der Waals surface area contributed by atoms with Crippen molar-refractivity contribution in [2.45, 2.75) is 207 Å². The first-order valence-corrected chi connectivity index (χ1v) is 31.9. The maximum atomic E-state index is 3.90. The standard InChI is InChI=1S/C56H76Br2S6/c1-5-9-13-17-21-25-29-41-37-49(55-43(39-51(57)63-55)31-27-23-19-15-11-7-3)61-53(41)47-35-33-45(59-47)46-34-36-48(60-46)54-42(30-26-22-18-14-10-6-2)38-50(62-54)56-44(40-52(58)64-56)32-28-24-20-16-12-8-4/h33-40H,5-32H2,1-4H3. The summed E-state index contributed by atoms with van der Waals surface area (Å²) in [7, 11) is 0. The second kappa shape index (κ2) is 29.2. The van der Waals surface area contributed by atoms with E-state index in [0.29, 0.717) is 0 Å². The van der Waals surface area contributed by atoms with Crippen LogP contribution in [-0.2, 0) is 25.7 Å². The van der Waals surface area contributed by atoms with Crippen LogP contribution in [0.5, 0.6) is 0 Å². The summed E-state index contributed by atoms with van der Waals surface area (Å²) >= 11 is 19.8. The normalized spacial score (nSPS) is 11.8. The van der Waals surface area contributed by atoms with E-state index in [2.05, 4.69) is 131 Å². The fraction of sp³-hybridized carbons (Fsp3) is 0.571. The Morgan fingerprint density at radius 3 is 0.875 bits per heavy atom. The molecule has 6 heterocycles. The highest BCUT2D eigenvalue weighted by Gasteiger charge is 2.21. The Bertz CT molecular complexity index is 2050. The summed E-state index contributed by atoms with van der Waals surface area (Å²) in [6.07, 6.45) is 36.9. The minimum absolute atomic E-state index is 1.18. The third kappa shape index (κ3) is 16.1. The lowest BCUT2D eigenvalue weighted by atomic mass is 10.0. The third-order valence-electron chi connectivity index (χ3n) is 12.7. The molecule has 6 rings (SSSR count). The summed E-state index contributed by atoms with van der Waals surface area (Å²) in [4.78, 5) is 14.7. The van der Waals surface area contributed by atoms with Crippen LogP contribution in [0.3, 0.4) is 0 Å². The van der Waals surface area contributed by atoms with Crippen LogP contribution in [0.25, 0.3) is 48.8 Å². The lowest BCUT2D eigenvalue weighted by molar-refractivity contribution is 0.608. The molecular weight excluding hydrogens is 1020 g/mol. The first-order chi connectivity index (χ1) is 31.4. The fourth-order valence-corrected chi connectivity index (χ4v) is 17.5. The van der Waals surface area contributed by atoms with Crippen molar-refractivity contribution in [3.63, 3.8) is 0 Å². The molecule has 0 fully saturated rings. The van der Waals surface area contributed by atoms with Crippen LogP contribution in [-0.4, -0.2) is 0 Å². The molecule has 0 bridgehead atoms. The first kappa shape index (κ1) is 52.5. The monoisotopic (exact) mass is 1100 g/mol. The third-order valence-corrected chi connectivity index (χ3v) is 21.5. The summed E-state index contributed by atoms with van der Waals surface area (Å²) < 4.78 is 2.54. The molecule has 0 aliphatic heterocycles. The highest BCUT2D eigenvalue weighted by atomic mass is 79.9. The summed E-state index contributed by atoms with van der Waals surface area (Å²) in [6.45, 7) is 9.26. The Labute approximate surface area is 430 Å². The number of halogens is 2. The lowest BCUT2D eigenvalue weighted by Gasteiger charge is -2.03. The van der Waals surface area contributed by atoms with Gasteiger partial charge in [0.1, 0.15) is 0 Å². The molecule has 350 valence electrons. The van der Waals surface area contributed by atoms with E-state index in [-0.39, 0.29) is 0 Å². The van der Waals surface area contributed by atoms with Crippen molar-refractivity contribution in [2.75, 3.05) is 0 Å². The van der Waals surface area contributed by atoms with Crippen molar-refractivity contribution >= 4 is 99.9 Å². The van der Waals surface area contributed by atoms with E-state index in [1.807, 2.05) is 45.3 Å². The van der Waals surface area contributed by atoms with E-state index < -0.39 is 0 Å². The minimum atomic E-state index is 1.18. The van der Waals surface area contributed by atoms with Crippen LogP contribution in [0, 0.1) is 0 Å². The van der Waals surface area contributed by atoms with E-state index in [1.165, 1.54) is 247 Å². The zero-order valence-corrected chi connectivity index (χ0v) is 47.7. The molecule has 0 radical (unpaired) electrons. The summed E-state index contributed by atoms with van der Waals surface area (Å²) in [5.41, 5.74) is 6.20. The molecule has 0 aliphatic rings. The molecule has 0 unspecified atom stereocenters. The lowest BCUT2D eigenvalue weighted by Crippen LogP contribution is -1.87. The van der Waals surface area contributed by atoms with Crippen LogP contribution in [0.2, 0.25) is 0 Å². The van der Waals surface area contributed by atoms with Gasteiger partial charge < -0.3 is 0 Å². The first-order valence-electron chi connectivity index (χ1n) is 25.5. The van der Waals surface area contributed by atoms with E-state index in [9.17, 15) is 0 Å². The molecule has 0 saturated carbocycles. The van der Waals surface area contributed by atoms with Crippen molar-refractivity contribution in [3.05, 3.63) is 78.4 Å². The summed E-state index contributed by atoms with van der Waals surface area (Å²) in [6, 6.07) is 19.7. The van der Waals surface area contributed by atoms with Gasteiger partial charge in [-0.05, 0) is 154 Å². The molecule has 0 amide bonds. The van der Waals surface area contributed by atoms with Gasteiger partial charge in [-0.2, -0.15) is 0 Å². The van der Waals surface area contributed by atoms with Gasteiger partial charge >= 0.3 is 0 Å². The molecule has 8 heteroatoms. The number of rotatable bonds is 33. The van der Waals surface area contributed by atoms with Crippen LogP contribution in [0.15, 0.2) is 56.1 Å².